The van der Waals surface area contributed by atoms with Gasteiger partial charge in [0, 0.05) is 12.3 Å². The molecule has 0 radical (unpaired) electrons. The fourth-order valence-electron chi connectivity index (χ4n) is 2.90. The Bertz CT molecular complexity index is 853. The van der Waals surface area contributed by atoms with Crippen LogP contribution in [0.15, 0.2) is 42.6 Å². The van der Waals surface area contributed by atoms with E-state index in [0.717, 1.165) is 12.3 Å². The van der Waals surface area contributed by atoms with Crippen molar-refractivity contribution in [2.24, 2.45) is 0 Å². The number of ether oxygens (including phenoxy) is 1. The molecule has 2 heterocycles. The van der Waals surface area contributed by atoms with E-state index in [-0.39, 0.29) is 11.5 Å². The van der Waals surface area contributed by atoms with E-state index in [1.54, 1.807) is 24.3 Å². The van der Waals surface area contributed by atoms with Crippen molar-refractivity contribution in [1.82, 2.24) is 4.98 Å². The quantitative estimate of drug-likeness (QED) is 0.878. The molecule has 142 valence electrons. The summed E-state index contributed by atoms with van der Waals surface area (Å²) in [5, 5.41) is 2.77. The third kappa shape index (κ3) is 4.02. The molecule has 1 aromatic carbocycles. The van der Waals surface area contributed by atoms with Crippen LogP contribution in [0.5, 0.6) is 5.88 Å². The van der Waals surface area contributed by atoms with Crippen LogP contribution < -0.4 is 15.0 Å². The first-order valence-electron chi connectivity index (χ1n) is 8.25. The average Bonchev–Trinajstić information content (AvgIpc) is 2.61. The van der Waals surface area contributed by atoms with Crippen LogP contribution >= 0.6 is 0 Å². The van der Waals surface area contributed by atoms with Crippen LogP contribution in [0.2, 0.25) is 0 Å². The van der Waals surface area contributed by atoms with E-state index in [2.05, 4.69) is 15.0 Å². The molecule has 0 bridgehead atoms. The topological polar surface area (TPSA) is 71.5 Å². The molecule has 1 aliphatic rings. The molecule has 0 fully saturated rings. The predicted octanol–water partition coefficient (Wildman–Crippen LogP) is 3.75. The maximum atomic E-state index is 13.0. The predicted molar refractivity (Wildman–Crippen MR) is 91.5 cm³/mol. The highest BCUT2D eigenvalue weighted by Crippen LogP contribution is 2.34. The largest absolute Gasteiger partial charge is 0.574 e. The molecule has 2 amide bonds. The number of hydrogen-bond donors (Lipinski definition) is 1. The van der Waals surface area contributed by atoms with Gasteiger partial charge in [-0.3, -0.25) is 14.5 Å². The minimum absolute atomic E-state index is 0.0510. The number of anilines is 2. The number of hydrogen-bond acceptors (Lipinski definition) is 4. The average molecular weight is 379 g/mol. The summed E-state index contributed by atoms with van der Waals surface area (Å²) in [6, 6.07) is 8.27. The summed E-state index contributed by atoms with van der Waals surface area (Å²) < 4.78 is 40.5. The Morgan fingerprint density at radius 3 is 2.63 bits per heavy atom. The first-order valence-corrected chi connectivity index (χ1v) is 8.25. The van der Waals surface area contributed by atoms with Gasteiger partial charge in [0.25, 0.3) is 5.91 Å². The first kappa shape index (κ1) is 18.7. The Kier molecular flexibility index (Phi) is 5.02. The normalized spacial score (nSPS) is 16.5. The van der Waals surface area contributed by atoms with Crippen LogP contribution in [0.25, 0.3) is 0 Å². The molecule has 27 heavy (non-hydrogen) atoms. The number of carbonyl (C=O) groups is 2. The van der Waals surface area contributed by atoms with Crippen LogP contribution in [0.3, 0.4) is 0 Å². The lowest BCUT2D eigenvalue weighted by Gasteiger charge is -2.36. The van der Waals surface area contributed by atoms with Gasteiger partial charge in [0.1, 0.15) is 6.04 Å². The van der Waals surface area contributed by atoms with Crippen LogP contribution in [-0.2, 0) is 4.79 Å². The number of fused-ring (bicyclic) bond motifs is 1. The number of amides is 2. The summed E-state index contributed by atoms with van der Waals surface area (Å²) in [5.41, 5.74) is 1.07. The standard InChI is InChI=1S/C18H16F3N3O3/c1-2-5-14-16(25)23-12-6-3-4-7-13(12)24(14)17(26)11-8-9-15(22-10-11)27-18(19,20)21/h3-4,6-10,14H,2,5H2,1H3,(H,23,25)/t14-/m0/s1. The number of carbonyl (C=O) groups excluding carboxylic acids is 2. The monoisotopic (exact) mass is 379 g/mol. The summed E-state index contributed by atoms with van der Waals surface area (Å²) in [5.74, 6) is -1.50. The van der Waals surface area contributed by atoms with Gasteiger partial charge in [-0.25, -0.2) is 4.98 Å². The van der Waals surface area contributed by atoms with Gasteiger partial charge >= 0.3 is 6.36 Å². The van der Waals surface area contributed by atoms with Gasteiger partial charge in [-0.15, -0.1) is 13.2 Å². The maximum Gasteiger partial charge on any atom is 0.574 e. The number of halogens is 3. The summed E-state index contributed by atoms with van der Waals surface area (Å²) >= 11 is 0. The number of alkyl halides is 3. The molecule has 6 nitrogen and oxygen atoms in total. The van der Waals surface area contributed by atoms with E-state index in [1.165, 1.54) is 11.0 Å². The van der Waals surface area contributed by atoms with Crippen LogP contribution in [0.1, 0.15) is 30.1 Å². The van der Waals surface area contributed by atoms with E-state index < -0.39 is 24.2 Å². The lowest BCUT2D eigenvalue weighted by Crippen LogP contribution is -2.51. The Morgan fingerprint density at radius 2 is 2.00 bits per heavy atom. The van der Waals surface area contributed by atoms with E-state index >= 15 is 0 Å². The number of benzene rings is 1. The zero-order valence-corrected chi connectivity index (χ0v) is 14.3. The lowest BCUT2D eigenvalue weighted by molar-refractivity contribution is -0.276. The van der Waals surface area contributed by atoms with Crippen molar-refractivity contribution >= 4 is 23.2 Å². The van der Waals surface area contributed by atoms with Crippen LogP contribution in [0, 0.1) is 0 Å². The molecule has 1 aliphatic heterocycles. The molecule has 0 saturated heterocycles. The zero-order chi connectivity index (χ0) is 19.6. The van der Waals surface area contributed by atoms with Gasteiger partial charge in [-0.1, -0.05) is 25.5 Å². The highest BCUT2D eigenvalue weighted by atomic mass is 19.4. The lowest BCUT2D eigenvalue weighted by atomic mass is 10.0. The van der Waals surface area contributed by atoms with E-state index in [4.69, 9.17) is 0 Å². The maximum absolute atomic E-state index is 13.0. The number of rotatable bonds is 4. The molecule has 0 spiro atoms. The minimum Gasteiger partial charge on any atom is -0.388 e. The number of nitrogens with zero attached hydrogens (tertiary/aromatic N) is 2. The summed E-state index contributed by atoms with van der Waals surface area (Å²) in [6.45, 7) is 1.89. The third-order valence-electron chi connectivity index (χ3n) is 4.02. The smallest absolute Gasteiger partial charge is 0.388 e. The Balaban J connectivity index is 1.94. The molecule has 9 heteroatoms. The molecule has 0 saturated carbocycles. The third-order valence-corrected chi connectivity index (χ3v) is 4.02. The molecule has 1 aromatic heterocycles. The number of pyridine rings is 1. The molecular weight excluding hydrogens is 363 g/mol. The second-order valence-corrected chi connectivity index (χ2v) is 5.92. The molecule has 0 aliphatic carbocycles. The van der Waals surface area contributed by atoms with Crippen molar-refractivity contribution in [3.63, 3.8) is 0 Å². The molecule has 2 aromatic rings. The van der Waals surface area contributed by atoms with Gasteiger partial charge in [0.05, 0.1) is 16.9 Å². The molecule has 3 rings (SSSR count). The second kappa shape index (κ2) is 7.26. The molecule has 1 N–H and O–H groups in total. The van der Waals surface area contributed by atoms with Gasteiger partial charge in [-0.05, 0) is 24.6 Å². The van der Waals surface area contributed by atoms with Crippen LogP contribution in [-0.4, -0.2) is 29.2 Å². The Labute approximate surface area is 152 Å². The van der Waals surface area contributed by atoms with E-state index in [0.29, 0.717) is 24.2 Å². The van der Waals surface area contributed by atoms with Gasteiger partial charge < -0.3 is 10.1 Å². The van der Waals surface area contributed by atoms with E-state index in [9.17, 15) is 22.8 Å². The van der Waals surface area contributed by atoms with Crippen molar-refractivity contribution < 1.29 is 27.5 Å². The highest BCUT2D eigenvalue weighted by Gasteiger charge is 2.37. The fraction of sp³-hybridized carbons (Fsp3) is 0.278. The highest BCUT2D eigenvalue weighted by molar-refractivity contribution is 6.16. The van der Waals surface area contributed by atoms with Crippen molar-refractivity contribution in [2.45, 2.75) is 32.2 Å². The summed E-state index contributed by atoms with van der Waals surface area (Å²) in [6.07, 6.45) is -2.76. The van der Waals surface area contributed by atoms with Crippen molar-refractivity contribution in [3.8, 4) is 5.88 Å². The Hall–Kier alpha value is -3.10. The number of aromatic nitrogens is 1. The summed E-state index contributed by atoms with van der Waals surface area (Å²) in [4.78, 5) is 30.4. The second-order valence-electron chi connectivity index (χ2n) is 5.92. The van der Waals surface area contributed by atoms with Gasteiger partial charge in [-0.2, -0.15) is 0 Å². The number of para-hydroxylation sites is 2. The fourth-order valence-corrected chi connectivity index (χ4v) is 2.90. The van der Waals surface area contributed by atoms with E-state index in [1.807, 2.05) is 6.92 Å². The van der Waals surface area contributed by atoms with Gasteiger partial charge in [0.2, 0.25) is 11.8 Å². The van der Waals surface area contributed by atoms with Crippen LogP contribution in [0.4, 0.5) is 24.5 Å². The van der Waals surface area contributed by atoms with Crippen molar-refractivity contribution in [1.29, 1.82) is 0 Å². The molecule has 0 unspecified atom stereocenters. The molecular formula is C18H16F3N3O3. The number of nitrogens with one attached hydrogen (secondary N) is 1. The first-order chi connectivity index (χ1) is 12.8. The summed E-state index contributed by atoms with van der Waals surface area (Å²) in [7, 11) is 0. The minimum atomic E-state index is -4.87. The SMILES string of the molecule is CCC[C@H]1C(=O)Nc2ccccc2N1C(=O)c1ccc(OC(F)(F)F)nc1. The van der Waals surface area contributed by atoms with Gasteiger partial charge in [0.15, 0.2) is 0 Å². The van der Waals surface area contributed by atoms with Crippen molar-refractivity contribution in [2.75, 3.05) is 10.2 Å². The van der Waals surface area contributed by atoms with Crippen molar-refractivity contribution in [3.05, 3.63) is 48.2 Å². The Morgan fingerprint density at radius 1 is 1.26 bits per heavy atom. The molecule has 1 atom stereocenters. The zero-order valence-electron chi connectivity index (χ0n) is 14.3.